The molecule has 6 heteroatoms. The van der Waals surface area contributed by atoms with Crippen molar-refractivity contribution < 1.29 is 18.7 Å². The smallest absolute Gasteiger partial charge is 0.257 e. The van der Waals surface area contributed by atoms with Crippen LogP contribution in [0.4, 0.5) is 4.39 Å². The predicted molar refractivity (Wildman–Crippen MR) is 101 cm³/mol. The zero-order valence-electron chi connectivity index (χ0n) is 15.8. The second-order valence-electron chi connectivity index (χ2n) is 6.75. The first-order valence-corrected chi connectivity index (χ1v) is 8.90. The molecule has 1 saturated heterocycles. The van der Waals surface area contributed by atoms with E-state index < -0.39 is 0 Å². The number of nitrogens with zero attached hydrogens (tertiary/aromatic N) is 2. The molecule has 0 saturated carbocycles. The lowest BCUT2D eigenvalue weighted by Crippen LogP contribution is -2.50. The van der Waals surface area contributed by atoms with Gasteiger partial charge in [0.25, 0.3) is 11.8 Å². The molecule has 0 bridgehead atoms. The van der Waals surface area contributed by atoms with Crippen molar-refractivity contribution in [2.75, 3.05) is 33.3 Å². The van der Waals surface area contributed by atoms with Crippen LogP contribution in [0.25, 0.3) is 0 Å². The van der Waals surface area contributed by atoms with E-state index in [2.05, 4.69) is 0 Å². The molecule has 2 aromatic carbocycles. The zero-order chi connectivity index (χ0) is 19.6. The molecule has 3 rings (SSSR count). The topological polar surface area (TPSA) is 49.9 Å². The summed E-state index contributed by atoms with van der Waals surface area (Å²) in [5.74, 6) is -0.0154. The lowest BCUT2D eigenvalue weighted by molar-refractivity contribution is 0.0533. The van der Waals surface area contributed by atoms with Gasteiger partial charge in [-0.05, 0) is 55.3 Å². The summed E-state index contributed by atoms with van der Waals surface area (Å²) in [6, 6.07) is 9.34. The Morgan fingerprint density at radius 2 is 1.48 bits per heavy atom. The van der Waals surface area contributed by atoms with E-state index in [-0.39, 0.29) is 17.6 Å². The van der Waals surface area contributed by atoms with E-state index in [0.29, 0.717) is 43.1 Å². The highest BCUT2D eigenvalue weighted by molar-refractivity contribution is 5.98. The SMILES string of the molecule is COc1c(C)cc(C)cc1C(=O)N1CCN(C(=O)c2ccc(F)cc2)CC1. The van der Waals surface area contributed by atoms with Crippen molar-refractivity contribution in [1.82, 2.24) is 9.80 Å². The predicted octanol–water partition coefficient (Wildman–Crippen LogP) is 3.05. The van der Waals surface area contributed by atoms with Crippen LogP contribution in [0.2, 0.25) is 0 Å². The van der Waals surface area contributed by atoms with Crippen molar-refractivity contribution in [3.8, 4) is 5.75 Å². The highest BCUT2D eigenvalue weighted by Crippen LogP contribution is 2.26. The Hall–Kier alpha value is -2.89. The molecule has 27 heavy (non-hydrogen) atoms. The van der Waals surface area contributed by atoms with E-state index in [4.69, 9.17) is 4.74 Å². The maximum atomic E-state index is 13.0. The average Bonchev–Trinajstić information content (AvgIpc) is 2.67. The molecule has 5 nitrogen and oxygen atoms in total. The Kier molecular flexibility index (Phi) is 5.44. The highest BCUT2D eigenvalue weighted by atomic mass is 19.1. The molecule has 1 aliphatic heterocycles. The molecule has 2 aromatic rings. The summed E-state index contributed by atoms with van der Waals surface area (Å²) in [6.45, 7) is 5.64. The Balaban J connectivity index is 1.70. The van der Waals surface area contributed by atoms with Crippen LogP contribution < -0.4 is 4.74 Å². The molecular weight excluding hydrogens is 347 g/mol. The highest BCUT2D eigenvalue weighted by Gasteiger charge is 2.27. The van der Waals surface area contributed by atoms with E-state index in [0.717, 1.165) is 11.1 Å². The number of halogens is 1. The van der Waals surface area contributed by atoms with Crippen LogP contribution in [0.5, 0.6) is 5.75 Å². The first kappa shape index (κ1) is 18.9. The molecular formula is C21H23FN2O3. The number of carbonyl (C=O) groups is 2. The monoisotopic (exact) mass is 370 g/mol. The quantitative estimate of drug-likeness (QED) is 0.834. The second-order valence-corrected chi connectivity index (χ2v) is 6.75. The number of piperazine rings is 1. The third-order valence-electron chi connectivity index (χ3n) is 4.80. The number of carbonyl (C=O) groups excluding carboxylic acids is 2. The number of hydrogen-bond donors (Lipinski definition) is 0. The lowest BCUT2D eigenvalue weighted by atomic mass is 10.0. The fourth-order valence-electron chi connectivity index (χ4n) is 3.44. The number of amides is 2. The van der Waals surface area contributed by atoms with Gasteiger partial charge in [0.05, 0.1) is 12.7 Å². The van der Waals surface area contributed by atoms with Crippen molar-refractivity contribution in [2.45, 2.75) is 13.8 Å². The Labute approximate surface area is 158 Å². The van der Waals surface area contributed by atoms with Gasteiger partial charge in [-0.1, -0.05) is 6.07 Å². The van der Waals surface area contributed by atoms with Gasteiger partial charge >= 0.3 is 0 Å². The van der Waals surface area contributed by atoms with Gasteiger partial charge in [0.1, 0.15) is 11.6 Å². The van der Waals surface area contributed by atoms with Crippen LogP contribution >= 0.6 is 0 Å². The molecule has 0 aliphatic carbocycles. The third kappa shape index (κ3) is 3.94. The van der Waals surface area contributed by atoms with Gasteiger partial charge in [0.2, 0.25) is 0 Å². The van der Waals surface area contributed by atoms with Crippen LogP contribution in [-0.2, 0) is 0 Å². The van der Waals surface area contributed by atoms with Gasteiger partial charge in [0.15, 0.2) is 0 Å². The summed E-state index contributed by atoms with van der Waals surface area (Å²) < 4.78 is 18.5. The van der Waals surface area contributed by atoms with Gasteiger partial charge in [0, 0.05) is 31.7 Å². The average molecular weight is 370 g/mol. The fourth-order valence-corrected chi connectivity index (χ4v) is 3.44. The summed E-state index contributed by atoms with van der Waals surface area (Å²) in [7, 11) is 1.56. The molecule has 0 spiro atoms. The van der Waals surface area contributed by atoms with Crippen LogP contribution in [-0.4, -0.2) is 54.9 Å². The van der Waals surface area contributed by atoms with Gasteiger partial charge < -0.3 is 14.5 Å². The van der Waals surface area contributed by atoms with E-state index in [9.17, 15) is 14.0 Å². The van der Waals surface area contributed by atoms with Crippen LogP contribution in [0, 0.1) is 19.7 Å². The number of ether oxygens (including phenoxy) is 1. The molecule has 0 unspecified atom stereocenters. The van der Waals surface area contributed by atoms with Crippen molar-refractivity contribution in [1.29, 1.82) is 0 Å². The fraction of sp³-hybridized carbons (Fsp3) is 0.333. The molecule has 0 radical (unpaired) electrons. The Morgan fingerprint density at radius 3 is 2.04 bits per heavy atom. The van der Waals surface area contributed by atoms with Crippen LogP contribution in [0.15, 0.2) is 36.4 Å². The minimum Gasteiger partial charge on any atom is -0.496 e. The largest absolute Gasteiger partial charge is 0.496 e. The second kappa shape index (κ2) is 7.78. The third-order valence-corrected chi connectivity index (χ3v) is 4.80. The summed E-state index contributed by atoms with van der Waals surface area (Å²) in [6.07, 6.45) is 0. The molecule has 2 amide bonds. The zero-order valence-corrected chi connectivity index (χ0v) is 15.8. The van der Waals surface area contributed by atoms with Crippen molar-refractivity contribution in [3.63, 3.8) is 0 Å². The van der Waals surface area contributed by atoms with Crippen LogP contribution in [0.3, 0.4) is 0 Å². The molecule has 0 N–H and O–H groups in total. The van der Waals surface area contributed by atoms with E-state index in [1.807, 2.05) is 26.0 Å². The molecule has 0 aromatic heterocycles. The number of aryl methyl sites for hydroxylation is 2. The van der Waals surface area contributed by atoms with E-state index in [1.165, 1.54) is 24.3 Å². The maximum absolute atomic E-state index is 13.0. The van der Waals surface area contributed by atoms with Gasteiger partial charge in [-0.2, -0.15) is 0 Å². The molecule has 0 atom stereocenters. The van der Waals surface area contributed by atoms with E-state index in [1.54, 1.807) is 16.9 Å². The van der Waals surface area contributed by atoms with Crippen molar-refractivity contribution in [2.24, 2.45) is 0 Å². The molecule has 1 fully saturated rings. The molecule has 1 aliphatic rings. The minimum atomic E-state index is -0.371. The Bertz CT molecular complexity index is 856. The molecule has 142 valence electrons. The van der Waals surface area contributed by atoms with Crippen molar-refractivity contribution in [3.05, 3.63) is 64.5 Å². The Morgan fingerprint density at radius 1 is 0.926 bits per heavy atom. The number of hydrogen-bond acceptors (Lipinski definition) is 3. The molecule has 1 heterocycles. The summed E-state index contributed by atoms with van der Waals surface area (Å²) in [5.41, 5.74) is 2.92. The number of benzene rings is 2. The maximum Gasteiger partial charge on any atom is 0.257 e. The lowest BCUT2D eigenvalue weighted by Gasteiger charge is -2.35. The standard InChI is InChI=1S/C21H23FN2O3/c1-14-12-15(2)19(27-3)18(13-14)21(26)24-10-8-23(9-11-24)20(25)16-4-6-17(22)7-5-16/h4-7,12-13H,8-11H2,1-3H3. The van der Waals surface area contributed by atoms with Gasteiger partial charge in [-0.25, -0.2) is 4.39 Å². The van der Waals surface area contributed by atoms with Crippen LogP contribution in [0.1, 0.15) is 31.8 Å². The normalized spacial score (nSPS) is 14.2. The van der Waals surface area contributed by atoms with E-state index >= 15 is 0 Å². The number of rotatable bonds is 3. The van der Waals surface area contributed by atoms with Gasteiger partial charge in [-0.3, -0.25) is 9.59 Å². The van der Waals surface area contributed by atoms with Gasteiger partial charge in [-0.15, -0.1) is 0 Å². The summed E-state index contributed by atoms with van der Waals surface area (Å²) in [5, 5.41) is 0. The summed E-state index contributed by atoms with van der Waals surface area (Å²) >= 11 is 0. The minimum absolute atomic E-state index is 0.0902. The number of methoxy groups -OCH3 is 1. The first-order chi connectivity index (χ1) is 12.9. The van der Waals surface area contributed by atoms with Crippen molar-refractivity contribution >= 4 is 11.8 Å². The first-order valence-electron chi connectivity index (χ1n) is 8.90. The summed E-state index contributed by atoms with van der Waals surface area (Å²) in [4.78, 5) is 28.9.